The van der Waals surface area contributed by atoms with Crippen LogP contribution in [-0.2, 0) is 9.53 Å². The highest BCUT2D eigenvalue weighted by Crippen LogP contribution is 2.03. The van der Waals surface area contributed by atoms with Gasteiger partial charge in [-0.2, -0.15) is 0 Å². The van der Waals surface area contributed by atoms with Gasteiger partial charge in [0.15, 0.2) is 0 Å². The van der Waals surface area contributed by atoms with Crippen LogP contribution in [0.3, 0.4) is 0 Å². The van der Waals surface area contributed by atoms with Gasteiger partial charge in [0.1, 0.15) is 0 Å². The zero-order valence-electron chi connectivity index (χ0n) is 6.93. The number of rotatable bonds is 4. The van der Waals surface area contributed by atoms with Crippen LogP contribution >= 0.6 is 0 Å². The molecule has 0 amide bonds. The molecule has 0 aliphatic rings. The number of hydrogen-bond acceptors (Lipinski definition) is 3. The van der Waals surface area contributed by atoms with E-state index < -0.39 is 18.1 Å². The Bertz CT molecular complexity index is 180. The van der Waals surface area contributed by atoms with Crippen molar-refractivity contribution in [1.29, 1.82) is 0 Å². The van der Waals surface area contributed by atoms with Gasteiger partial charge in [0.05, 0.1) is 12.3 Å². The summed E-state index contributed by atoms with van der Waals surface area (Å²) >= 11 is 0. The van der Waals surface area contributed by atoms with Crippen molar-refractivity contribution in [2.75, 3.05) is 13.7 Å². The Labute approximate surface area is 69.4 Å². The van der Waals surface area contributed by atoms with Crippen LogP contribution in [0.5, 0.6) is 0 Å². The van der Waals surface area contributed by atoms with E-state index in [1.165, 1.54) is 7.05 Å². The smallest absolute Gasteiger partial charge is 0.332 e. The summed E-state index contributed by atoms with van der Waals surface area (Å²) in [6, 6.07) is 0. The maximum Gasteiger partial charge on any atom is 0.332 e. The first-order valence-electron chi connectivity index (χ1n) is 3.46. The molecule has 0 saturated heterocycles. The van der Waals surface area contributed by atoms with Gasteiger partial charge >= 0.3 is 5.97 Å². The van der Waals surface area contributed by atoms with Crippen molar-refractivity contribution in [3.05, 3.63) is 11.8 Å². The van der Waals surface area contributed by atoms with Crippen molar-refractivity contribution in [1.82, 2.24) is 5.32 Å². The first-order chi connectivity index (χ1) is 5.61. The molecule has 0 atom stereocenters. The minimum atomic E-state index is -2.68. The zero-order chi connectivity index (χ0) is 9.56. The van der Waals surface area contributed by atoms with Gasteiger partial charge in [-0.1, -0.05) is 0 Å². The fraction of sp³-hybridized carbons (Fsp3) is 0.571. The van der Waals surface area contributed by atoms with E-state index in [1.807, 2.05) is 0 Å². The summed E-state index contributed by atoms with van der Waals surface area (Å²) in [5.41, 5.74) is -0.437. The van der Waals surface area contributed by atoms with Crippen molar-refractivity contribution >= 4 is 5.97 Å². The largest absolute Gasteiger partial charge is 0.463 e. The van der Waals surface area contributed by atoms with Gasteiger partial charge in [-0.05, 0) is 6.92 Å². The van der Waals surface area contributed by atoms with Gasteiger partial charge in [-0.15, -0.1) is 0 Å². The third-order valence-electron chi connectivity index (χ3n) is 1.08. The Morgan fingerprint density at radius 3 is 2.58 bits per heavy atom. The van der Waals surface area contributed by atoms with E-state index in [9.17, 15) is 13.6 Å². The Kier molecular flexibility index (Phi) is 4.99. The first kappa shape index (κ1) is 10.9. The molecular weight excluding hydrogens is 168 g/mol. The monoisotopic (exact) mass is 179 g/mol. The second-order valence-electron chi connectivity index (χ2n) is 1.90. The minimum Gasteiger partial charge on any atom is -0.463 e. The lowest BCUT2D eigenvalue weighted by Crippen LogP contribution is -2.16. The summed E-state index contributed by atoms with van der Waals surface area (Å²) in [6.45, 7) is 1.78. The molecule has 1 N–H and O–H groups in total. The van der Waals surface area contributed by atoms with Gasteiger partial charge in [0, 0.05) is 13.1 Å². The lowest BCUT2D eigenvalue weighted by Gasteiger charge is -2.04. The van der Waals surface area contributed by atoms with Crippen molar-refractivity contribution in [2.24, 2.45) is 0 Å². The average molecular weight is 179 g/mol. The van der Waals surface area contributed by atoms with Crippen LogP contribution in [-0.4, -0.2) is 26.0 Å². The minimum absolute atomic E-state index is 0.176. The number of hydrogen-bond donors (Lipinski definition) is 1. The predicted octanol–water partition coefficient (Wildman–Crippen LogP) is 0.918. The molecule has 0 spiro atoms. The molecule has 0 saturated carbocycles. The van der Waals surface area contributed by atoms with Gasteiger partial charge in [-0.3, -0.25) is 0 Å². The molecule has 70 valence electrons. The molecule has 5 heteroatoms. The van der Waals surface area contributed by atoms with E-state index in [0.717, 1.165) is 6.08 Å². The van der Waals surface area contributed by atoms with Crippen LogP contribution in [0.4, 0.5) is 8.78 Å². The van der Waals surface area contributed by atoms with Crippen LogP contribution in [0.25, 0.3) is 0 Å². The summed E-state index contributed by atoms with van der Waals surface area (Å²) in [7, 11) is 1.32. The number of alkyl halides is 2. The Morgan fingerprint density at radius 1 is 1.67 bits per heavy atom. The van der Waals surface area contributed by atoms with E-state index in [0.29, 0.717) is 0 Å². The second kappa shape index (κ2) is 5.51. The zero-order valence-corrected chi connectivity index (χ0v) is 6.93. The van der Waals surface area contributed by atoms with Crippen LogP contribution in [0.15, 0.2) is 11.8 Å². The molecule has 0 heterocycles. The van der Waals surface area contributed by atoms with Crippen molar-refractivity contribution in [3.8, 4) is 0 Å². The number of esters is 1. The van der Waals surface area contributed by atoms with Crippen LogP contribution in [0.1, 0.15) is 6.92 Å². The van der Waals surface area contributed by atoms with Gasteiger partial charge in [0.2, 0.25) is 0 Å². The van der Waals surface area contributed by atoms with E-state index in [2.05, 4.69) is 10.1 Å². The van der Waals surface area contributed by atoms with E-state index in [4.69, 9.17) is 0 Å². The van der Waals surface area contributed by atoms with Gasteiger partial charge < -0.3 is 10.1 Å². The molecule has 0 radical (unpaired) electrons. The van der Waals surface area contributed by atoms with Gasteiger partial charge in [-0.25, -0.2) is 13.6 Å². The highest BCUT2D eigenvalue weighted by Gasteiger charge is 2.10. The molecule has 0 fully saturated rings. The van der Waals surface area contributed by atoms with E-state index in [-0.39, 0.29) is 6.61 Å². The first-order valence-corrected chi connectivity index (χ1v) is 3.46. The Balaban J connectivity index is 4.18. The molecule has 3 nitrogen and oxygen atoms in total. The molecule has 0 aliphatic carbocycles. The van der Waals surface area contributed by atoms with Gasteiger partial charge in [0.25, 0.3) is 6.43 Å². The Hall–Kier alpha value is -1.13. The summed E-state index contributed by atoms with van der Waals surface area (Å²) in [4.78, 5) is 10.6. The molecule has 0 aromatic rings. The summed E-state index contributed by atoms with van der Waals surface area (Å²) in [5, 5.41) is 2.20. The number of allylic oxidation sites excluding steroid dienone is 1. The summed E-state index contributed by atoms with van der Waals surface area (Å²) < 4.78 is 28.4. The SMILES string of the molecule is CCOC(=O)/C=C(\NC)C(F)F. The van der Waals surface area contributed by atoms with E-state index >= 15 is 0 Å². The molecule has 0 aromatic heterocycles. The van der Waals surface area contributed by atoms with Crippen molar-refractivity contribution in [2.45, 2.75) is 13.3 Å². The predicted molar refractivity (Wildman–Crippen MR) is 39.8 cm³/mol. The van der Waals surface area contributed by atoms with E-state index in [1.54, 1.807) is 6.92 Å². The Morgan fingerprint density at radius 2 is 2.25 bits per heavy atom. The topological polar surface area (TPSA) is 38.3 Å². The number of halogens is 2. The third-order valence-corrected chi connectivity index (χ3v) is 1.08. The highest BCUT2D eigenvalue weighted by molar-refractivity contribution is 5.82. The molecule has 0 bridgehead atoms. The lowest BCUT2D eigenvalue weighted by atomic mass is 10.4. The quantitative estimate of drug-likeness (QED) is 0.515. The normalized spacial score (nSPS) is 11.6. The molecule has 12 heavy (non-hydrogen) atoms. The average Bonchev–Trinajstić information content (AvgIpc) is 2.00. The van der Waals surface area contributed by atoms with Crippen LogP contribution in [0.2, 0.25) is 0 Å². The third kappa shape index (κ3) is 3.90. The molecule has 0 aliphatic heterocycles. The number of nitrogens with one attached hydrogen (secondary N) is 1. The second-order valence-corrected chi connectivity index (χ2v) is 1.90. The maximum atomic E-state index is 12.0. The van der Waals surface area contributed by atoms with Crippen LogP contribution < -0.4 is 5.32 Å². The molecule has 0 aromatic carbocycles. The molecular formula is C7H11F2NO2. The fourth-order valence-electron chi connectivity index (χ4n) is 0.555. The van der Waals surface area contributed by atoms with Crippen molar-refractivity contribution in [3.63, 3.8) is 0 Å². The lowest BCUT2D eigenvalue weighted by molar-refractivity contribution is -0.137. The van der Waals surface area contributed by atoms with Crippen LogP contribution in [0, 0.1) is 0 Å². The van der Waals surface area contributed by atoms with Crippen molar-refractivity contribution < 1.29 is 18.3 Å². The number of carbonyl (C=O) groups is 1. The summed E-state index contributed by atoms with van der Waals surface area (Å²) in [5.74, 6) is -0.762. The summed E-state index contributed by atoms with van der Waals surface area (Å²) in [6.07, 6.45) is -1.94. The highest BCUT2D eigenvalue weighted by atomic mass is 19.3. The molecule has 0 rings (SSSR count). The standard InChI is InChI=1S/C7H11F2NO2/c1-3-12-6(11)4-5(10-2)7(8)9/h4,7,10H,3H2,1-2H3/b5-4-. The number of carbonyl (C=O) groups excluding carboxylic acids is 1. The number of ether oxygens (including phenoxy) is 1. The molecule has 0 unspecified atom stereocenters. The maximum absolute atomic E-state index is 12.0. The fourth-order valence-corrected chi connectivity index (χ4v) is 0.555.